The monoisotopic (exact) mass is 280 g/mol. The van der Waals surface area contributed by atoms with Crippen molar-refractivity contribution in [2.75, 3.05) is 26.2 Å². The topological polar surface area (TPSA) is 6.48 Å². The van der Waals surface area contributed by atoms with Gasteiger partial charge in [-0.05, 0) is 71.1 Å². The van der Waals surface area contributed by atoms with Crippen molar-refractivity contribution in [2.24, 2.45) is 5.92 Å². The Bertz CT molecular complexity index is 264. The van der Waals surface area contributed by atoms with Gasteiger partial charge in [-0.25, -0.2) is 0 Å². The van der Waals surface area contributed by atoms with Gasteiger partial charge in [-0.15, -0.1) is 6.58 Å². The Labute approximate surface area is 122 Å². The van der Waals surface area contributed by atoms with Crippen molar-refractivity contribution in [3.63, 3.8) is 0 Å². The van der Waals surface area contributed by atoms with E-state index in [0.717, 1.165) is 12.1 Å². The minimum absolute atomic E-state index is 0.0189. The maximum absolute atomic E-state index is 4.10. The molecule has 0 N–H and O–H groups in total. The molecule has 2 heterocycles. The van der Waals surface area contributed by atoms with Gasteiger partial charge in [0, 0.05) is 9.52 Å². The smallest absolute Gasteiger partial charge is 0.0624 e. The standard InChI is InChI=1S/C16H32N2Si/c1-14(2)19-13-15(3)12-16(17-8-4-5-9-17)18-10-6-7-11-18/h15-16H,1,4-13,19H2,2-3H3. The van der Waals surface area contributed by atoms with E-state index < -0.39 is 0 Å². The number of nitrogens with zero attached hydrogens (tertiary/aromatic N) is 2. The van der Waals surface area contributed by atoms with Crippen molar-refractivity contribution in [2.45, 2.75) is 58.2 Å². The summed E-state index contributed by atoms with van der Waals surface area (Å²) in [6.45, 7) is 14.1. The molecule has 19 heavy (non-hydrogen) atoms. The second kappa shape index (κ2) is 7.60. The molecule has 2 aliphatic heterocycles. The zero-order valence-corrected chi connectivity index (χ0v) is 14.4. The van der Waals surface area contributed by atoms with Gasteiger partial charge in [0.25, 0.3) is 0 Å². The molecule has 0 aromatic heterocycles. The summed E-state index contributed by atoms with van der Waals surface area (Å²) in [7, 11) is -0.0189. The molecule has 2 saturated heterocycles. The summed E-state index contributed by atoms with van der Waals surface area (Å²) in [4.78, 5) is 5.54. The van der Waals surface area contributed by atoms with Crippen LogP contribution in [0.25, 0.3) is 0 Å². The summed E-state index contributed by atoms with van der Waals surface area (Å²) in [5.41, 5.74) is 0. The highest BCUT2D eigenvalue weighted by atomic mass is 28.2. The van der Waals surface area contributed by atoms with Crippen molar-refractivity contribution in [3.8, 4) is 0 Å². The van der Waals surface area contributed by atoms with Crippen LogP contribution in [0, 0.1) is 5.92 Å². The SMILES string of the molecule is C=C(C)[SiH2]CC(C)CC(N1CCCC1)N1CCCC1. The number of likely N-dealkylation sites (tertiary alicyclic amines) is 2. The fourth-order valence-electron chi connectivity index (χ4n) is 3.58. The van der Waals surface area contributed by atoms with Gasteiger partial charge < -0.3 is 0 Å². The van der Waals surface area contributed by atoms with E-state index in [1.165, 1.54) is 69.5 Å². The predicted molar refractivity (Wildman–Crippen MR) is 87.3 cm³/mol. The molecule has 0 aliphatic carbocycles. The van der Waals surface area contributed by atoms with Crippen LogP contribution in [-0.2, 0) is 0 Å². The van der Waals surface area contributed by atoms with Crippen molar-refractivity contribution >= 4 is 9.52 Å². The summed E-state index contributed by atoms with van der Waals surface area (Å²) in [6, 6.07) is 1.45. The Balaban J connectivity index is 1.86. The van der Waals surface area contributed by atoms with Crippen molar-refractivity contribution in [1.82, 2.24) is 9.80 Å². The fraction of sp³-hybridized carbons (Fsp3) is 0.875. The van der Waals surface area contributed by atoms with Crippen molar-refractivity contribution in [3.05, 3.63) is 11.8 Å². The largest absolute Gasteiger partial charge is 0.288 e. The van der Waals surface area contributed by atoms with Crippen molar-refractivity contribution < 1.29 is 0 Å². The molecule has 1 atom stereocenters. The summed E-state index contributed by atoms with van der Waals surface area (Å²) < 4.78 is 0. The summed E-state index contributed by atoms with van der Waals surface area (Å²) in [6.07, 6.45) is 7.80. The Morgan fingerprint density at radius 2 is 1.53 bits per heavy atom. The van der Waals surface area contributed by atoms with Gasteiger partial charge in [-0.2, -0.15) is 0 Å². The van der Waals surface area contributed by atoms with E-state index in [4.69, 9.17) is 0 Å². The molecule has 0 amide bonds. The second-order valence-electron chi connectivity index (χ2n) is 6.80. The summed E-state index contributed by atoms with van der Waals surface area (Å²) in [5.74, 6) is 0.884. The molecule has 0 bridgehead atoms. The van der Waals surface area contributed by atoms with E-state index in [2.05, 4.69) is 30.2 Å². The molecule has 2 nitrogen and oxygen atoms in total. The normalized spacial score (nSPS) is 23.9. The lowest BCUT2D eigenvalue weighted by Gasteiger charge is -2.37. The predicted octanol–water partition coefficient (Wildman–Crippen LogP) is 2.65. The van der Waals surface area contributed by atoms with E-state index >= 15 is 0 Å². The zero-order chi connectivity index (χ0) is 13.7. The van der Waals surface area contributed by atoms with E-state index in [0.29, 0.717) is 0 Å². The maximum atomic E-state index is 4.10. The lowest BCUT2D eigenvalue weighted by Crippen LogP contribution is -2.46. The van der Waals surface area contributed by atoms with Gasteiger partial charge in [0.15, 0.2) is 0 Å². The molecular formula is C16H32N2Si. The van der Waals surface area contributed by atoms with Crippen LogP contribution in [-0.4, -0.2) is 51.7 Å². The van der Waals surface area contributed by atoms with Gasteiger partial charge in [-0.3, -0.25) is 9.80 Å². The molecule has 0 saturated carbocycles. The Morgan fingerprint density at radius 1 is 1.05 bits per heavy atom. The molecular weight excluding hydrogens is 248 g/mol. The van der Waals surface area contributed by atoms with Crippen LogP contribution in [0.4, 0.5) is 0 Å². The maximum Gasteiger partial charge on any atom is 0.0624 e. The summed E-state index contributed by atoms with van der Waals surface area (Å²) in [5, 5.41) is 1.48. The van der Waals surface area contributed by atoms with Gasteiger partial charge in [0.2, 0.25) is 0 Å². The molecule has 3 heteroatoms. The van der Waals surface area contributed by atoms with Crippen LogP contribution in [0.2, 0.25) is 6.04 Å². The first-order valence-corrected chi connectivity index (χ1v) is 10.00. The lowest BCUT2D eigenvalue weighted by atomic mass is 10.1. The minimum atomic E-state index is -0.0189. The third-order valence-corrected chi connectivity index (χ3v) is 6.93. The Kier molecular flexibility index (Phi) is 6.11. The number of hydrogen-bond acceptors (Lipinski definition) is 2. The van der Waals surface area contributed by atoms with Crippen LogP contribution >= 0.6 is 0 Å². The average molecular weight is 281 g/mol. The molecule has 0 aromatic carbocycles. The Hall–Kier alpha value is -0.123. The zero-order valence-electron chi connectivity index (χ0n) is 13.0. The van der Waals surface area contributed by atoms with Gasteiger partial charge >= 0.3 is 0 Å². The fourth-order valence-corrected chi connectivity index (χ4v) is 4.80. The van der Waals surface area contributed by atoms with Crippen molar-refractivity contribution in [1.29, 1.82) is 0 Å². The first-order valence-electron chi connectivity index (χ1n) is 8.29. The summed E-state index contributed by atoms with van der Waals surface area (Å²) >= 11 is 0. The number of hydrogen-bond donors (Lipinski definition) is 0. The molecule has 0 radical (unpaired) electrons. The van der Waals surface area contributed by atoms with Gasteiger partial charge in [0.1, 0.15) is 0 Å². The van der Waals surface area contributed by atoms with Crippen LogP contribution in [0.5, 0.6) is 0 Å². The van der Waals surface area contributed by atoms with E-state index in [1.807, 2.05) is 0 Å². The van der Waals surface area contributed by atoms with Crippen LogP contribution in [0.15, 0.2) is 11.8 Å². The highest BCUT2D eigenvalue weighted by molar-refractivity contribution is 6.44. The van der Waals surface area contributed by atoms with Crippen LogP contribution in [0.1, 0.15) is 46.0 Å². The number of allylic oxidation sites excluding steroid dienone is 1. The first kappa shape index (κ1) is 15.3. The molecule has 0 spiro atoms. The van der Waals surface area contributed by atoms with Crippen LogP contribution < -0.4 is 0 Å². The minimum Gasteiger partial charge on any atom is -0.288 e. The Morgan fingerprint density at radius 3 is 1.95 bits per heavy atom. The van der Waals surface area contributed by atoms with E-state index in [-0.39, 0.29) is 9.52 Å². The molecule has 1 unspecified atom stereocenters. The molecule has 110 valence electrons. The van der Waals surface area contributed by atoms with Crippen LogP contribution in [0.3, 0.4) is 0 Å². The number of rotatable bonds is 7. The lowest BCUT2D eigenvalue weighted by molar-refractivity contribution is 0.0618. The highest BCUT2D eigenvalue weighted by Crippen LogP contribution is 2.25. The van der Waals surface area contributed by atoms with Gasteiger partial charge in [0.05, 0.1) is 6.17 Å². The first-order chi connectivity index (χ1) is 9.16. The second-order valence-corrected chi connectivity index (χ2v) is 9.09. The van der Waals surface area contributed by atoms with E-state index in [9.17, 15) is 0 Å². The quantitative estimate of drug-likeness (QED) is 0.662. The molecule has 2 rings (SSSR count). The molecule has 2 aliphatic rings. The molecule has 0 aromatic rings. The van der Waals surface area contributed by atoms with Gasteiger partial charge in [-0.1, -0.05) is 18.2 Å². The third kappa shape index (κ3) is 4.73. The highest BCUT2D eigenvalue weighted by Gasteiger charge is 2.30. The van der Waals surface area contributed by atoms with E-state index in [1.54, 1.807) is 0 Å². The molecule has 2 fully saturated rings. The average Bonchev–Trinajstić information content (AvgIpc) is 3.05. The third-order valence-electron chi connectivity index (χ3n) is 4.80.